The molecular formula is C24H22FNO5. The third-order valence-corrected chi connectivity index (χ3v) is 5.18. The SMILES string of the molecule is CC(C)OCCN1C(=O)C(O)=C(C(=O)c2cc3ccccc3o2)C1c1ccccc1F. The number of aliphatic hydroxyl groups is 1. The number of carbonyl (C=O) groups excluding carboxylic acids is 2. The normalized spacial score (nSPS) is 16.7. The second kappa shape index (κ2) is 8.35. The molecule has 0 aliphatic carbocycles. The van der Waals surface area contributed by atoms with E-state index in [1.165, 1.54) is 23.1 Å². The zero-order valence-corrected chi connectivity index (χ0v) is 17.2. The Morgan fingerprint density at radius 2 is 1.90 bits per heavy atom. The first kappa shape index (κ1) is 20.8. The molecule has 0 saturated heterocycles. The standard InChI is InChI=1S/C24H22FNO5/c1-14(2)30-12-11-26-21(16-8-4-5-9-17(16)25)20(23(28)24(26)29)22(27)19-13-15-7-3-6-10-18(15)31-19/h3-10,13-14,21,28H,11-12H2,1-2H3. The summed E-state index contributed by atoms with van der Waals surface area (Å²) in [4.78, 5) is 27.5. The minimum absolute atomic E-state index is 0.0304. The molecule has 1 amide bonds. The van der Waals surface area contributed by atoms with Crippen molar-refractivity contribution < 1.29 is 28.2 Å². The highest BCUT2D eigenvalue weighted by molar-refractivity contribution is 6.16. The van der Waals surface area contributed by atoms with Crippen LogP contribution in [0.1, 0.15) is 36.0 Å². The van der Waals surface area contributed by atoms with Crippen LogP contribution in [0, 0.1) is 5.82 Å². The fraction of sp³-hybridized carbons (Fsp3) is 0.250. The van der Waals surface area contributed by atoms with Crippen LogP contribution in [0.25, 0.3) is 11.0 Å². The Balaban J connectivity index is 1.76. The third kappa shape index (κ3) is 3.84. The number of para-hydroxylation sites is 1. The van der Waals surface area contributed by atoms with E-state index in [1.807, 2.05) is 13.8 Å². The molecular weight excluding hydrogens is 401 g/mol. The van der Waals surface area contributed by atoms with E-state index in [9.17, 15) is 19.1 Å². The molecule has 31 heavy (non-hydrogen) atoms. The summed E-state index contributed by atoms with van der Waals surface area (Å²) in [5, 5.41) is 11.3. The molecule has 1 aliphatic rings. The van der Waals surface area contributed by atoms with E-state index in [4.69, 9.17) is 9.15 Å². The molecule has 3 aromatic rings. The number of rotatable bonds is 7. The summed E-state index contributed by atoms with van der Waals surface area (Å²) in [6, 6.07) is 13.4. The van der Waals surface area contributed by atoms with E-state index in [-0.39, 0.29) is 36.2 Å². The molecule has 0 fully saturated rings. The number of amides is 1. The van der Waals surface area contributed by atoms with Gasteiger partial charge in [-0.05, 0) is 32.0 Å². The Kier molecular flexibility index (Phi) is 5.61. The molecule has 2 heterocycles. The summed E-state index contributed by atoms with van der Waals surface area (Å²) in [6.45, 7) is 3.96. The van der Waals surface area contributed by atoms with Crippen molar-refractivity contribution in [2.24, 2.45) is 0 Å². The van der Waals surface area contributed by atoms with E-state index < -0.39 is 29.3 Å². The molecule has 7 heteroatoms. The van der Waals surface area contributed by atoms with Crippen LogP contribution in [-0.2, 0) is 9.53 Å². The van der Waals surface area contributed by atoms with E-state index in [1.54, 1.807) is 36.4 Å². The molecule has 0 bridgehead atoms. The number of furan rings is 1. The van der Waals surface area contributed by atoms with E-state index >= 15 is 0 Å². The molecule has 1 aromatic heterocycles. The largest absolute Gasteiger partial charge is 0.503 e. The molecule has 1 aliphatic heterocycles. The Morgan fingerprint density at radius 1 is 1.19 bits per heavy atom. The summed E-state index contributed by atoms with van der Waals surface area (Å²) >= 11 is 0. The van der Waals surface area contributed by atoms with Crippen molar-refractivity contribution in [3.8, 4) is 0 Å². The van der Waals surface area contributed by atoms with Crippen LogP contribution in [0.4, 0.5) is 4.39 Å². The molecule has 1 N–H and O–H groups in total. The number of carbonyl (C=O) groups is 2. The van der Waals surface area contributed by atoms with Crippen LogP contribution < -0.4 is 0 Å². The molecule has 160 valence electrons. The summed E-state index contributed by atoms with van der Waals surface area (Å²) in [5.41, 5.74) is 0.405. The number of fused-ring (bicyclic) bond motifs is 1. The van der Waals surface area contributed by atoms with Crippen molar-refractivity contribution >= 4 is 22.7 Å². The first-order valence-corrected chi connectivity index (χ1v) is 10.0. The highest BCUT2D eigenvalue weighted by Crippen LogP contribution is 2.40. The lowest BCUT2D eigenvalue weighted by molar-refractivity contribution is -0.130. The molecule has 0 saturated carbocycles. The highest BCUT2D eigenvalue weighted by atomic mass is 19.1. The number of hydrogen-bond acceptors (Lipinski definition) is 5. The molecule has 4 rings (SSSR count). The number of ether oxygens (including phenoxy) is 1. The van der Waals surface area contributed by atoms with E-state index in [2.05, 4.69) is 0 Å². The maximum atomic E-state index is 14.7. The van der Waals surface area contributed by atoms with Gasteiger partial charge >= 0.3 is 0 Å². The Bertz CT molecular complexity index is 1150. The van der Waals surface area contributed by atoms with Gasteiger partial charge in [0.2, 0.25) is 5.78 Å². The predicted octanol–water partition coefficient (Wildman–Crippen LogP) is 4.58. The highest BCUT2D eigenvalue weighted by Gasteiger charge is 2.45. The summed E-state index contributed by atoms with van der Waals surface area (Å²) in [7, 11) is 0. The van der Waals surface area contributed by atoms with Crippen molar-refractivity contribution in [1.82, 2.24) is 4.90 Å². The van der Waals surface area contributed by atoms with Gasteiger partial charge in [-0.3, -0.25) is 9.59 Å². The van der Waals surface area contributed by atoms with Gasteiger partial charge in [-0.15, -0.1) is 0 Å². The van der Waals surface area contributed by atoms with Gasteiger partial charge in [0, 0.05) is 17.5 Å². The fourth-order valence-electron chi connectivity index (χ4n) is 3.75. The molecule has 0 spiro atoms. The van der Waals surface area contributed by atoms with Crippen LogP contribution in [0.15, 0.2) is 70.3 Å². The summed E-state index contributed by atoms with van der Waals surface area (Å²) in [5.74, 6) is -2.73. The smallest absolute Gasteiger partial charge is 0.290 e. The minimum atomic E-state index is -1.09. The van der Waals surface area contributed by atoms with Gasteiger partial charge in [-0.1, -0.05) is 36.4 Å². The second-order valence-corrected chi connectivity index (χ2v) is 7.58. The van der Waals surface area contributed by atoms with Gasteiger partial charge in [0.1, 0.15) is 11.4 Å². The number of nitrogens with zero attached hydrogens (tertiary/aromatic N) is 1. The average molecular weight is 423 g/mol. The Labute approximate surface area is 178 Å². The molecule has 2 aromatic carbocycles. The maximum absolute atomic E-state index is 14.7. The molecule has 1 unspecified atom stereocenters. The molecule has 0 radical (unpaired) electrons. The zero-order chi connectivity index (χ0) is 22.1. The summed E-state index contributed by atoms with van der Waals surface area (Å²) < 4.78 is 25.9. The first-order chi connectivity index (χ1) is 14.9. The Hall–Kier alpha value is -3.45. The van der Waals surface area contributed by atoms with Crippen molar-refractivity contribution in [3.63, 3.8) is 0 Å². The van der Waals surface area contributed by atoms with E-state index in [0.29, 0.717) is 11.0 Å². The van der Waals surface area contributed by atoms with Crippen LogP contribution in [0.2, 0.25) is 0 Å². The fourth-order valence-corrected chi connectivity index (χ4v) is 3.75. The first-order valence-electron chi connectivity index (χ1n) is 10.0. The molecule has 6 nitrogen and oxygen atoms in total. The van der Waals surface area contributed by atoms with Gasteiger partial charge in [0.15, 0.2) is 11.5 Å². The van der Waals surface area contributed by atoms with Crippen molar-refractivity contribution in [2.45, 2.75) is 26.0 Å². The lowest BCUT2D eigenvalue weighted by atomic mass is 9.94. The minimum Gasteiger partial charge on any atom is -0.503 e. The van der Waals surface area contributed by atoms with Gasteiger partial charge in [0.05, 0.1) is 24.3 Å². The van der Waals surface area contributed by atoms with E-state index in [0.717, 1.165) is 0 Å². The number of ketones is 1. The van der Waals surface area contributed by atoms with Crippen LogP contribution in [0.3, 0.4) is 0 Å². The lowest BCUT2D eigenvalue weighted by Gasteiger charge is -2.27. The van der Waals surface area contributed by atoms with Crippen LogP contribution in [-0.4, -0.2) is 41.0 Å². The number of aliphatic hydroxyl groups excluding tert-OH is 1. The third-order valence-electron chi connectivity index (χ3n) is 5.18. The molecule has 1 atom stereocenters. The maximum Gasteiger partial charge on any atom is 0.290 e. The van der Waals surface area contributed by atoms with Gasteiger partial charge < -0.3 is 19.2 Å². The average Bonchev–Trinajstić information content (AvgIpc) is 3.28. The Morgan fingerprint density at radius 3 is 2.61 bits per heavy atom. The number of Topliss-reactive ketones (excluding diaryl/α,β-unsaturated/α-hetero) is 1. The lowest BCUT2D eigenvalue weighted by Crippen LogP contribution is -2.35. The predicted molar refractivity (Wildman–Crippen MR) is 112 cm³/mol. The van der Waals surface area contributed by atoms with Crippen molar-refractivity contribution in [3.05, 3.63) is 83.1 Å². The summed E-state index contributed by atoms with van der Waals surface area (Å²) in [6.07, 6.45) is -0.0668. The number of benzene rings is 2. The van der Waals surface area contributed by atoms with Crippen LogP contribution >= 0.6 is 0 Å². The van der Waals surface area contributed by atoms with Crippen molar-refractivity contribution in [2.75, 3.05) is 13.2 Å². The van der Waals surface area contributed by atoms with Gasteiger partial charge in [-0.2, -0.15) is 0 Å². The quantitative estimate of drug-likeness (QED) is 0.563. The monoisotopic (exact) mass is 423 g/mol. The van der Waals surface area contributed by atoms with Crippen molar-refractivity contribution in [1.29, 1.82) is 0 Å². The van der Waals surface area contributed by atoms with Gasteiger partial charge in [0.25, 0.3) is 5.91 Å². The zero-order valence-electron chi connectivity index (χ0n) is 17.2. The topological polar surface area (TPSA) is 80.0 Å². The number of hydrogen-bond donors (Lipinski definition) is 1. The second-order valence-electron chi connectivity index (χ2n) is 7.58. The number of halogens is 1. The van der Waals surface area contributed by atoms with Crippen LogP contribution in [0.5, 0.6) is 0 Å². The van der Waals surface area contributed by atoms with Gasteiger partial charge in [-0.25, -0.2) is 4.39 Å².